The molecule has 0 aromatic rings. The topological polar surface area (TPSA) is 35.6 Å². The summed E-state index contributed by atoms with van der Waals surface area (Å²) in [6.45, 7) is 2.85. The Balaban J connectivity index is 0.00000162. The molecule has 0 aromatic carbocycles. The van der Waals surface area contributed by atoms with E-state index in [1.54, 1.807) is 0 Å². The van der Waals surface area contributed by atoms with Crippen molar-refractivity contribution >= 4 is 30.7 Å². The lowest BCUT2D eigenvalue weighted by molar-refractivity contribution is -0.136. The van der Waals surface area contributed by atoms with Crippen molar-refractivity contribution in [2.24, 2.45) is 0 Å². The van der Waals surface area contributed by atoms with Gasteiger partial charge in [0.1, 0.15) is 0 Å². The van der Waals surface area contributed by atoms with Crippen LogP contribution in [0.15, 0.2) is 0 Å². The Kier molecular flexibility index (Phi) is 8.99. The van der Waals surface area contributed by atoms with Gasteiger partial charge in [-0.1, -0.05) is 6.42 Å². The van der Waals surface area contributed by atoms with Gasteiger partial charge in [-0.25, -0.2) is 0 Å². The van der Waals surface area contributed by atoms with Crippen molar-refractivity contribution in [2.45, 2.75) is 44.2 Å². The summed E-state index contributed by atoms with van der Waals surface area (Å²) in [6.07, 6.45) is 5.77. The molecule has 19 heavy (non-hydrogen) atoms. The van der Waals surface area contributed by atoms with Crippen LogP contribution in [0.25, 0.3) is 0 Å². The number of piperidine rings is 2. The fourth-order valence-electron chi connectivity index (χ4n) is 2.86. The molecule has 4 nitrogen and oxygen atoms in total. The van der Waals surface area contributed by atoms with Crippen molar-refractivity contribution in [1.29, 1.82) is 0 Å². The van der Waals surface area contributed by atoms with Crippen molar-refractivity contribution in [3.05, 3.63) is 0 Å². The molecule has 2 heterocycles. The normalized spacial score (nSPS) is 27.4. The first-order chi connectivity index (χ1) is 8.18. The second kappa shape index (κ2) is 9.01. The molecule has 0 radical (unpaired) electrons. The highest BCUT2D eigenvalue weighted by Crippen LogP contribution is 2.17. The molecule has 2 rings (SSSR count). The second-order valence-corrected chi connectivity index (χ2v) is 5.55. The molecule has 1 N–H and O–H groups in total. The number of likely N-dealkylation sites (tertiary alicyclic amines) is 1. The maximum atomic E-state index is 12.4. The van der Waals surface area contributed by atoms with Gasteiger partial charge in [-0.15, -0.1) is 24.8 Å². The standard InChI is InChI=1S/C13H25N3O.2ClH/c1-15(2)11-6-5-9-16(10-11)13(17)12-7-3-4-8-14-12;;/h11-12,14H,3-10H2,1-2H3;2*1H/t11?,12-;;/m0../s1. The number of nitrogens with one attached hydrogen (secondary N) is 1. The molecule has 0 aromatic heterocycles. The van der Waals surface area contributed by atoms with Crippen molar-refractivity contribution in [3.8, 4) is 0 Å². The Hall–Kier alpha value is -0.0300. The minimum absolute atomic E-state index is 0. The SMILES string of the molecule is CN(C)C1CCCN(C(=O)[C@@H]2CCCCN2)C1.Cl.Cl. The third-order valence-electron chi connectivity index (χ3n) is 4.05. The van der Waals surface area contributed by atoms with E-state index in [1.165, 1.54) is 19.3 Å². The number of carbonyl (C=O) groups is 1. The Labute approximate surface area is 129 Å². The first-order valence-corrected chi connectivity index (χ1v) is 6.87. The zero-order valence-electron chi connectivity index (χ0n) is 11.9. The van der Waals surface area contributed by atoms with Gasteiger partial charge in [0.2, 0.25) is 5.91 Å². The van der Waals surface area contributed by atoms with E-state index in [1.807, 2.05) is 0 Å². The van der Waals surface area contributed by atoms with E-state index >= 15 is 0 Å². The van der Waals surface area contributed by atoms with Crippen LogP contribution >= 0.6 is 24.8 Å². The summed E-state index contributed by atoms with van der Waals surface area (Å²) in [5.41, 5.74) is 0. The number of carbonyl (C=O) groups excluding carboxylic acids is 1. The van der Waals surface area contributed by atoms with E-state index in [0.29, 0.717) is 11.9 Å². The highest BCUT2D eigenvalue weighted by Gasteiger charge is 2.30. The van der Waals surface area contributed by atoms with Crippen LogP contribution in [0.2, 0.25) is 0 Å². The van der Waals surface area contributed by atoms with Gasteiger partial charge < -0.3 is 15.1 Å². The average molecular weight is 312 g/mol. The van der Waals surface area contributed by atoms with Crippen LogP contribution in [0.3, 0.4) is 0 Å². The van der Waals surface area contributed by atoms with E-state index in [4.69, 9.17) is 0 Å². The minimum Gasteiger partial charge on any atom is -0.340 e. The highest BCUT2D eigenvalue weighted by molar-refractivity contribution is 5.85. The molecule has 6 heteroatoms. The number of halogens is 2. The number of likely N-dealkylation sites (N-methyl/N-ethyl adjacent to an activating group) is 1. The van der Waals surface area contributed by atoms with E-state index in [0.717, 1.165) is 32.5 Å². The van der Waals surface area contributed by atoms with Gasteiger partial charge in [-0.2, -0.15) is 0 Å². The van der Waals surface area contributed by atoms with Gasteiger partial charge in [-0.05, 0) is 46.3 Å². The van der Waals surface area contributed by atoms with E-state index < -0.39 is 0 Å². The lowest BCUT2D eigenvalue weighted by Gasteiger charge is -2.38. The predicted molar refractivity (Wildman–Crippen MR) is 83.4 cm³/mol. The number of hydrogen-bond donors (Lipinski definition) is 1. The Morgan fingerprint density at radius 3 is 2.47 bits per heavy atom. The van der Waals surface area contributed by atoms with Crippen molar-refractivity contribution in [1.82, 2.24) is 15.1 Å². The molecule has 2 saturated heterocycles. The van der Waals surface area contributed by atoms with Gasteiger partial charge >= 0.3 is 0 Å². The van der Waals surface area contributed by atoms with Crippen LogP contribution in [-0.2, 0) is 4.79 Å². The maximum Gasteiger partial charge on any atom is 0.239 e. The van der Waals surface area contributed by atoms with E-state index in [9.17, 15) is 4.79 Å². The summed E-state index contributed by atoms with van der Waals surface area (Å²) in [6, 6.07) is 0.626. The first-order valence-electron chi connectivity index (χ1n) is 6.87. The van der Waals surface area contributed by atoms with Crippen LogP contribution in [0.5, 0.6) is 0 Å². The molecule has 2 atom stereocenters. The fourth-order valence-corrected chi connectivity index (χ4v) is 2.86. The smallest absolute Gasteiger partial charge is 0.239 e. The summed E-state index contributed by atoms with van der Waals surface area (Å²) in [5.74, 6) is 0.330. The van der Waals surface area contributed by atoms with Crippen LogP contribution in [0.1, 0.15) is 32.1 Å². The molecule has 0 bridgehead atoms. The number of rotatable bonds is 2. The number of nitrogens with zero attached hydrogens (tertiary/aromatic N) is 2. The summed E-state index contributed by atoms with van der Waals surface area (Å²) in [4.78, 5) is 16.7. The van der Waals surface area contributed by atoms with Crippen LogP contribution in [-0.4, -0.2) is 61.5 Å². The molecule has 114 valence electrons. The van der Waals surface area contributed by atoms with E-state index in [-0.39, 0.29) is 30.9 Å². The molecule has 0 aliphatic carbocycles. The zero-order valence-corrected chi connectivity index (χ0v) is 13.6. The van der Waals surface area contributed by atoms with Crippen molar-refractivity contribution < 1.29 is 4.79 Å². The van der Waals surface area contributed by atoms with Crippen molar-refractivity contribution in [2.75, 3.05) is 33.7 Å². The molecule has 2 fully saturated rings. The molecule has 0 spiro atoms. The molecular formula is C13H27Cl2N3O. The second-order valence-electron chi connectivity index (χ2n) is 5.55. The highest BCUT2D eigenvalue weighted by atomic mass is 35.5. The Morgan fingerprint density at radius 1 is 1.16 bits per heavy atom. The summed E-state index contributed by atoms with van der Waals surface area (Å²) >= 11 is 0. The summed E-state index contributed by atoms with van der Waals surface area (Å²) < 4.78 is 0. The third kappa shape index (κ3) is 5.10. The lowest BCUT2D eigenvalue weighted by atomic mass is 10.0. The lowest BCUT2D eigenvalue weighted by Crippen LogP contribution is -2.54. The first kappa shape index (κ1) is 19.0. The molecule has 1 amide bonds. The third-order valence-corrected chi connectivity index (χ3v) is 4.05. The molecule has 2 aliphatic heterocycles. The largest absolute Gasteiger partial charge is 0.340 e. The predicted octanol–water partition coefficient (Wildman–Crippen LogP) is 1.52. The van der Waals surface area contributed by atoms with Crippen LogP contribution in [0, 0.1) is 0 Å². The molecule has 0 saturated carbocycles. The van der Waals surface area contributed by atoms with Gasteiger partial charge in [0.25, 0.3) is 0 Å². The minimum atomic E-state index is 0. The average Bonchev–Trinajstić information content (AvgIpc) is 2.39. The Morgan fingerprint density at radius 2 is 1.89 bits per heavy atom. The van der Waals surface area contributed by atoms with Crippen molar-refractivity contribution in [3.63, 3.8) is 0 Å². The van der Waals surface area contributed by atoms with Gasteiger partial charge in [-0.3, -0.25) is 4.79 Å². The van der Waals surface area contributed by atoms with E-state index in [2.05, 4.69) is 29.2 Å². The zero-order chi connectivity index (χ0) is 12.3. The molecular weight excluding hydrogens is 285 g/mol. The number of hydrogen-bond acceptors (Lipinski definition) is 3. The quantitative estimate of drug-likeness (QED) is 0.840. The van der Waals surface area contributed by atoms with Gasteiger partial charge in [0, 0.05) is 19.1 Å². The Bertz CT molecular complexity index is 271. The van der Waals surface area contributed by atoms with Gasteiger partial charge in [0.15, 0.2) is 0 Å². The molecule has 1 unspecified atom stereocenters. The van der Waals surface area contributed by atoms with Crippen LogP contribution < -0.4 is 5.32 Å². The maximum absolute atomic E-state index is 12.4. The van der Waals surface area contributed by atoms with Gasteiger partial charge in [0.05, 0.1) is 6.04 Å². The molecule has 2 aliphatic rings. The monoisotopic (exact) mass is 311 g/mol. The fraction of sp³-hybridized carbons (Fsp3) is 0.923. The summed E-state index contributed by atoms with van der Waals surface area (Å²) in [5, 5.41) is 3.36. The number of amides is 1. The van der Waals surface area contributed by atoms with Crippen LogP contribution in [0.4, 0.5) is 0 Å². The summed E-state index contributed by atoms with van der Waals surface area (Å²) in [7, 11) is 4.22.